The summed E-state index contributed by atoms with van der Waals surface area (Å²) in [4.78, 5) is 11.9. The summed E-state index contributed by atoms with van der Waals surface area (Å²) in [5.41, 5.74) is 0.713. The van der Waals surface area contributed by atoms with Crippen molar-refractivity contribution in [2.75, 3.05) is 13.1 Å². The molecule has 1 atom stereocenters. The number of ketones is 1. The van der Waals surface area contributed by atoms with Gasteiger partial charge in [0.2, 0.25) is 0 Å². The van der Waals surface area contributed by atoms with E-state index < -0.39 is 0 Å². The smallest absolute Gasteiger partial charge is 0.141 e. The Balaban J connectivity index is 2.61. The van der Waals surface area contributed by atoms with Gasteiger partial charge in [-0.15, -0.1) is 0 Å². The molecule has 0 amide bonds. The molecule has 1 aromatic carbocycles. The van der Waals surface area contributed by atoms with E-state index in [2.05, 4.69) is 21.2 Å². The molecule has 1 rings (SSSR count). The predicted octanol–water partition coefficient (Wildman–Crippen LogP) is 2.95. The van der Waals surface area contributed by atoms with Gasteiger partial charge in [0.15, 0.2) is 0 Å². The van der Waals surface area contributed by atoms with Crippen molar-refractivity contribution in [3.8, 4) is 0 Å². The third-order valence-corrected chi connectivity index (χ3v) is 3.01. The number of benzene rings is 1. The maximum Gasteiger partial charge on any atom is 0.141 e. The first-order valence-electron chi connectivity index (χ1n) is 5.71. The minimum Gasteiger partial charge on any atom is -0.316 e. The lowest BCUT2D eigenvalue weighted by molar-refractivity contribution is -0.121. The molecule has 0 heterocycles. The summed E-state index contributed by atoms with van der Waals surface area (Å²) in [6.45, 7) is 5.41. The van der Waals surface area contributed by atoms with Crippen molar-refractivity contribution in [2.45, 2.75) is 20.3 Å². The Morgan fingerprint density at radius 3 is 2.76 bits per heavy atom. The summed E-state index contributed by atoms with van der Waals surface area (Å²) in [7, 11) is 0. The van der Waals surface area contributed by atoms with E-state index in [1.165, 1.54) is 12.1 Å². The summed E-state index contributed by atoms with van der Waals surface area (Å²) >= 11 is 3.22. The second-order valence-electron chi connectivity index (χ2n) is 4.13. The van der Waals surface area contributed by atoms with Gasteiger partial charge < -0.3 is 5.32 Å². The molecule has 0 saturated carbocycles. The zero-order valence-corrected chi connectivity index (χ0v) is 11.7. The average molecular weight is 302 g/mol. The van der Waals surface area contributed by atoms with Crippen LogP contribution in [-0.4, -0.2) is 18.9 Å². The maximum atomic E-state index is 13.1. The first-order chi connectivity index (χ1) is 8.02. The Hall–Kier alpha value is -0.740. The molecule has 1 aromatic rings. The molecule has 4 heteroatoms. The van der Waals surface area contributed by atoms with Crippen LogP contribution in [0.25, 0.3) is 0 Å². The second-order valence-corrected chi connectivity index (χ2v) is 5.05. The Morgan fingerprint density at radius 2 is 2.18 bits per heavy atom. The number of nitrogens with one attached hydrogen (secondary N) is 1. The standard InChI is InChI=1S/C13H17BrFNO/c1-3-16-8-9(2)13(17)6-10-4-11(14)7-12(15)5-10/h4-5,7,9,16H,3,6,8H2,1-2H3. The molecule has 0 aliphatic rings. The highest BCUT2D eigenvalue weighted by Gasteiger charge is 2.13. The summed E-state index contributed by atoms with van der Waals surface area (Å²) in [5, 5.41) is 3.13. The van der Waals surface area contributed by atoms with Crippen molar-refractivity contribution in [3.63, 3.8) is 0 Å². The summed E-state index contributed by atoms with van der Waals surface area (Å²) in [6.07, 6.45) is 0.281. The number of hydrogen-bond donors (Lipinski definition) is 1. The summed E-state index contributed by atoms with van der Waals surface area (Å²) in [5.74, 6) is -0.234. The highest BCUT2D eigenvalue weighted by Crippen LogP contribution is 2.16. The van der Waals surface area contributed by atoms with E-state index in [0.29, 0.717) is 16.6 Å². The van der Waals surface area contributed by atoms with Crippen molar-refractivity contribution >= 4 is 21.7 Å². The largest absolute Gasteiger partial charge is 0.316 e. The Labute approximate surface area is 110 Å². The highest BCUT2D eigenvalue weighted by molar-refractivity contribution is 9.10. The van der Waals surface area contributed by atoms with Crippen LogP contribution in [0.3, 0.4) is 0 Å². The average Bonchev–Trinajstić information content (AvgIpc) is 2.24. The third-order valence-electron chi connectivity index (χ3n) is 2.55. The van der Waals surface area contributed by atoms with Gasteiger partial charge in [-0.1, -0.05) is 29.8 Å². The Morgan fingerprint density at radius 1 is 1.47 bits per heavy atom. The zero-order valence-electron chi connectivity index (χ0n) is 10.1. The lowest BCUT2D eigenvalue weighted by Crippen LogP contribution is -2.27. The summed E-state index contributed by atoms with van der Waals surface area (Å²) < 4.78 is 13.8. The molecule has 2 nitrogen and oxygen atoms in total. The molecule has 0 radical (unpaired) electrons. The van der Waals surface area contributed by atoms with Crippen LogP contribution in [-0.2, 0) is 11.2 Å². The SMILES string of the molecule is CCNCC(C)C(=O)Cc1cc(F)cc(Br)c1. The van der Waals surface area contributed by atoms with E-state index in [9.17, 15) is 9.18 Å². The fourth-order valence-corrected chi connectivity index (χ4v) is 2.08. The highest BCUT2D eigenvalue weighted by atomic mass is 79.9. The van der Waals surface area contributed by atoms with Crippen LogP contribution < -0.4 is 5.32 Å². The van der Waals surface area contributed by atoms with E-state index in [1.54, 1.807) is 6.07 Å². The molecule has 0 bridgehead atoms. The maximum absolute atomic E-state index is 13.1. The molecule has 0 aliphatic carbocycles. The van der Waals surface area contributed by atoms with Gasteiger partial charge in [0.25, 0.3) is 0 Å². The van der Waals surface area contributed by atoms with E-state index in [-0.39, 0.29) is 23.9 Å². The van der Waals surface area contributed by atoms with Crippen LogP contribution >= 0.6 is 15.9 Å². The van der Waals surface area contributed by atoms with Crippen LogP contribution in [0.2, 0.25) is 0 Å². The normalized spacial score (nSPS) is 12.5. The molecule has 0 aromatic heterocycles. The fourth-order valence-electron chi connectivity index (χ4n) is 1.56. The van der Waals surface area contributed by atoms with Crippen LogP contribution in [0.4, 0.5) is 4.39 Å². The van der Waals surface area contributed by atoms with Gasteiger partial charge in [-0.25, -0.2) is 4.39 Å². The molecule has 0 aliphatic heterocycles. The van der Waals surface area contributed by atoms with Gasteiger partial charge in [-0.3, -0.25) is 4.79 Å². The van der Waals surface area contributed by atoms with E-state index in [0.717, 1.165) is 6.54 Å². The number of rotatable bonds is 6. The fraction of sp³-hybridized carbons (Fsp3) is 0.462. The Kier molecular flexibility index (Phi) is 5.78. The number of halogens is 2. The number of hydrogen-bond acceptors (Lipinski definition) is 2. The second kappa shape index (κ2) is 6.87. The lowest BCUT2D eigenvalue weighted by atomic mass is 9.99. The summed E-state index contributed by atoms with van der Waals surface area (Å²) in [6, 6.07) is 4.57. The van der Waals surface area contributed by atoms with E-state index >= 15 is 0 Å². The molecule has 1 N–H and O–H groups in total. The molecular formula is C13H17BrFNO. The Bertz CT molecular complexity index is 375. The molecule has 17 heavy (non-hydrogen) atoms. The van der Waals surface area contributed by atoms with Crippen LogP contribution in [0.15, 0.2) is 22.7 Å². The minimum absolute atomic E-state index is 0.0445. The van der Waals surface area contributed by atoms with Gasteiger partial charge >= 0.3 is 0 Å². The van der Waals surface area contributed by atoms with E-state index in [1.807, 2.05) is 13.8 Å². The van der Waals surface area contributed by atoms with Gasteiger partial charge in [0.05, 0.1) is 0 Å². The predicted molar refractivity (Wildman–Crippen MR) is 70.5 cm³/mol. The molecular weight excluding hydrogens is 285 g/mol. The van der Waals surface area contributed by atoms with Gasteiger partial charge in [0.1, 0.15) is 11.6 Å². The van der Waals surface area contributed by atoms with Gasteiger partial charge in [-0.2, -0.15) is 0 Å². The number of carbonyl (C=O) groups is 1. The van der Waals surface area contributed by atoms with Crippen molar-refractivity contribution < 1.29 is 9.18 Å². The minimum atomic E-state index is -0.318. The van der Waals surface area contributed by atoms with Crippen molar-refractivity contribution in [1.82, 2.24) is 5.32 Å². The molecule has 0 fully saturated rings. The first-order valence-corrected chi connectivity index (χ1v) is 6.50. The molecule has 0 spiro atoms. The van der Waals surface area contributed by atoms with Gasteiger partial charge in [0, 0.05) is 23.4 Å². The quantitative estimate of drug-likeness (QED) is 0.875. The van der Waals surface area contributed by atoms with Crippen molar-refractivity contribution in [3.05, 3.63) is 34.1 Å². The topological polar surface area (TPSA) is 29.1 Å². The number of Topliss-reactive ketones (excluding diaryl/α,β-unsaturated/α-hetero) is 1. The molecule has 1 unspecified atom stereocenters. The number of carbonyl (C=O) groups excluding carboxylic acids is 1. The van der Waals surface area contributed by atoms with Gasteiger partial charge in [-0.05, 0) is 30.3 Å². The van der Waals surface area contributed by atoms with E-state index in [4.69, 9.17) is 0 Å². The molecule has 94 valence electrons. The molecule has 0 saturated heterocycles. The first kappa shape index (κ1) is 14.3. The van der Waals surface area contributed by atoms with Crippen LogP contribution in [0.5, 0.6) is 0 Å². The van der Waals surface area contributed by atoms with Crippen molar-refractivity contribution in [1.29, 1.82) is 0 Å². The van der Waals surface area contributed by atoms with Crippen LogP contribution in [0, 0.1) is 11.7 Å². The zero-order chi connectivity index (χ0) is 12.8. The van der Waals surface area contributed by atoms with Crippen molar-refractivity contribution in [2.24, 2.45) is 5.92 Å². The monoisotopic (exact) mass is 301 g/mol. The van der Waals surface area contributed by atoms with Crippen LogP contribution in [0.1, 0.15) is 19.4 Å². The third kappa shape index (κ3) is 4.96. The lowest BCUT2D eigenvalue weighted by Gasteiger charge is -2.11.